The largest absolute Gasteiger partial charge is 0.256 e. The molecule has 0 unspecified atom stereocenters. The fourth-order valence-corrected chi connectivity index (χ4v) is 8.79. The minimum atomic E-state index is 0.960. The van der Waals surface area contributed by atoms with E-state index >= 15 is 0 Å². The van der Waals surface area contributed by atoms with Crippen molar-refractivity contribution in [2.75, 3.05) is 0 Å². The quantitative estimate of drug-likeness (QED) is 0.136. The summed E-state index contributed by atoms with van der Waals surface area (Å²) >= 11 is 0. The number of benzene rings is 9. The molecule has 9 aromatic carbocycles. The Labute approximate surface area is 312 Å². The third-order valence-electron chi connectivity index (χ3n) is 11.1. The zero-order valence-corrected chi connectivity index (χ0v) is 29.4. The van der Waals surface area contributed by atoms with Gasteiger partial charge in [-0.15, -0.1) is 0 Å². The molecule has 0 atom stereocenters. The average Bonchev–Trinajstić information content (AvgIpc) is 3.25. The van der Waals surface area contributed by atoms with Gasteiger partial charge in [-0.05, 0) is 135 Å². The van der Waals surface area contributed by atoms with Gasteiger partial charge in [0.25, 0.3) is 0 Å². The Morgan fingerprint density at radius 1 is 0.259 bits per heavy atom. The molecule has 0 amide bonds. The van der Waals surface area contributed by atoms with Crippen molar-refractivity contribution >= 4 is 64.6 Å². The Kier molecular flexibility index (Phi) is 6.90. The number of nitrogens with zero attached hydrogens (tertiary/aromatic N) is 2. The van der Waals surface area contributed by atoms with Gasteiger partial charge in [-0.2, -0.15) is 0 Å². The fraction of sp³-hybridized carbons (Fsp3) is 0. The molecular formula is C52H32N2. The Morgan fingerprint density at radius 3 is 1.37 bits per heavy atom. The normalized spacial score (nSPS) is 11.7. The summed E-state index contributed by atoms with van der Waals surface area (Å²) in [6.45, 7) is 0. The molecule has 54 heavy (non-hydrogen) atoms. The topological polar surface area (TPSA) is 25.8 Å². The first kappa shape index (κ1) is 30.5. The molecular weight excluding hydrogens is 653 g/mol. The predicted octanol–water partition coefficient (Wildman–Crippen LogP) is 14.1. The number of rotatable bonds is 4. The van der Waals surface area contributed by atoms with Crippen LogP contribution in [0.3, 0.4) is 0 Å². The number of hydrogen-bond acceptors (Lipinski definition) is 2. The SMILES string of the molecule is c1ccc(-c2c3ccccc3c(-c3ccccc3)c3cc4c(cc23)c2ccc(-c3ccccn3)cc2c2cc(-c3ccccn3)c3ccccc3c24)cc1. The van der Waals surface area contributed by atoms with E-state index in [-0.39, 0.29) is 0 Å². The van der Waals surface area contributed by atoms with Crippen LogP contribution < -0.4 is 0 Å². The van der Waals surface area contributed by atoms with Crippen molar-refractivity contribution in [2.24, 2.45) is 0 Å². The summed E-state index contributed by atoms with van der Waals surface area (Å²) in [6, 6.07) is 66.1. The van der Waals surface area contributed by atoms with Crippen LogP contribution in [0.5, 0.6) is 0 Å². The zero-order chi connectivity index (χ0) is 35.6. The summed E-state index contributed by atoms with van der Waals surface area (Å²) in [4.78, 5) is 9.61. The van der Waals surface area contributed by atoms with Crippen LogP contribution in [-0.2, 0) is 0 Å². The van der Waals surface area contributed by atoms with Crippen LogP contribution in [0.15, 0.2) is 194 Å². The second kappa shape index (κ2) is 12.2. The van der Waals surface area contributed by atoms with Gasteiger partial charge in [0.1, 0.15) is 0 Å². The smallest absolute Gasteiger partial charge is 0.0708 e. The monoisotopic (exact) mass is 684 g/mol. The molecule has 11 aromatic rings. The first-order chi connectivity index (χ1) is 26.8. The third kappa shape index (κ3) is 4.67. The van der Waals surface area contributed by atoms with Crippen molar-refractivity contribution in [3.05, 3.63) is 194 Å². The Morgan fingerprint density at radius 2 is 0.759 bits per heavy atom. The van der Waals surface area contributed by atoms with E-state index in [2.05, 4.69) is 170 Å². The predicted molar refractivity (Wildman–Crippen MR) is 229 cm³/mol. The van der Waals surface area contributed by atoms with Crippen LogP contribution in [0.4, 0.5) is 0 Å². The molecule has 2 aromatic heterocycles. The lowest BCUT2D eigenvalue weighted by atomic mass is 9.82. The van der Waals surface area contributed by atoms with E-state index in [1.165, 1.54) is 86.9 Å². The van der Waals surface area contributed by atoms with E-state index in [0.29, 0.717) is 0 Å². The van der Waals surface area contributed by atoms with Gasteiger partial charge in [-0.25, -0.2) is 0 Å². The molecule has 0 saturated carbocycles. The van der Waals surface area contributed by atoms with Gasteiger partial charge in [0.15, 0.2) is 0 Å². The number of pyridine rings is 2. The van der Waals surface area contributed by atoms with Crippen molar-refractivity contribution in [1.82, 2.24) is 9.97 Å². The van der Waals surface area contributed by atoms with Gasteiger partial charge in [0.2, 0.25) is 0 Å². The highest BCUT2D eigenvalue weighted by Crippen LogP contribution is 2.49. The summed E-state index contributed by atoms with van der Waals surface area (Å²) in [6.07, 6.45) is 3.76. The highest BCUT2D eigenvalue weighted by Gasteiger charge is 2.21. The maximum Gasteiger partial charge on any atom is 0.0708 e. The molecule has 250 valence electrons. The number of hydrogen-bond donors (Lipinski definition) is 0. The standard InChI is InChI=1S/C52H32N2/c1-3-15-33(16-4-1)50-39-21-9-10-22-40(39)51(34-17-5-2-6-18-34)47-32-45-42(30-46(47)50)37-26-25-35(48-23-11-13-27-53-48)29-41(37)44-31-43(49-24-12-14-28-54-49)36-19-7-8-20-38(36)52(44)45/h1-32H. The second-order valence-corrected chi connectivity index (χ2v) is 14.1. The highest BCUT2D eigenvalue weighted by atomic mass is 14.7. The molecule has 11 rings (SSSR count). The van der Waals surface area contributed by atoms with E-state index < -0.39 is 0 Å². The molecule has 0 aliphatic carbocycles. The summed E-state index contributed by atoms with van der Waals surface area (Å²) in [7, 11) is 0. The van der Waals surface area contributed by atoms with Gasteiger partial charge in [0.05, 0.1) is 11.4 Å². The van der Waals surface area contributed by atoms with Crippen LogP contribution >= 0.6 is 0 Å². The summed E-state index contributed by atoms with van der Waals surface area (Å²) < 4.78 is 0. The van der Waals surface area contributed by atoms with Crippen molar-refractivity contribution in [1.29, 1.82) is 0 Å². The molecule has 0 spiro atoms. The van der Waals surface area contributed by atoms with Crippen LogP contribution in [-0.4, -0.2) is 9.97 Å². The van der Waals surface area contributed by atoms with Crippen molar-refractivity contribution in [3.63, 3.8) is 0 Å². The number of fused-ring (bicyclic) bond motifs is 10. The molecule has 0 aliphatic rings. The second-order valence-electron chi connectivity index (χ2n) is 14.1. The van der Waals surface area contributed by atoms with Gasteiger partial charge in [0, 0.05) is 23.5 Å². The fourth-order valence-electron chi connectivity index (χ4n) is 8.79. The van der Waals surface area contributed by atoms with E-state index in [4.69, 9.17) is 9.97 Å². The zero-order valence-electron chi connectivity index (χ0n) is 29.4. The Bertz CT molecular complexity index is 3230. The van der Waals surface area contributed by atoms with Gasteiger partial charge in [-0.1, -0.05) is 133 Å². The van der Waals surface area contributed by atoms with E-state index in [0.717, 1.165) is 22.5 Å². The highest BCUT2D eigenvalue weighted by molar-refractivity contribution is 6.36. The van der Waals surface area contributed by atoms with E-state index in [1.54, 1.807) is 0 Å². The average molecular weight is 685 g/mol. The molecule has 0 radical (unpaired) electrons. The summed E-state index contributed by atoms with van der Waals surface area (Å²) in [5.41, 5.74) is 9.10. The lowest BCUT2D eigenvalue weighted by Gasteiger charge is -2.21. The molecule has 2 heterocycles. The first-order valence-corrected chi connectivity index (χ1v) is 18.5. The van der Waals surface area contributed by atoms with Crippen LogP contribution in [0.1, 0.15) is 0 Å². The van der Waals surface area contributed by atoms with Gasteiger partial charge < -0.3 is 0 Å². The Hall–Kier alpha value is -7.16. The molecule has 0 bridgehead atoms. The minimum absolute atomic E-state index is 0.960. The maximum absolute atomic E-state index is 4.86. The van der Waals surface area contributed by atoms with Crippen LogP contribution in [0.2, 0.25) is 0 Å². The maximum atomic E-state index is 4.86. The molecule has 0 fully saturated rings. The minimum Gasteiger partial charge on any atom is -0.256 e. The summed E-state index contributed by atoms with van der Waals surface area (Å²) in [5.74, 6) is 0. The van der Waals surface area contributed by atoms with Gasteiger partial charge in [-0.3, -0.25) is 9.97 Å². The van der Waals surface area contributed by atoms with Crippen LogP contribution in [0.25, 0.3) is 109 Å². The molecule has 2 heteroatoms. The molecule has 2 nitrogen and oxygen atoms in total. The molecule has 0 N–H and O–H groups in total. The first-order valence-electron chi connectivity index (χ1n) is 18.5. The number of aromatic nitrogens is 2. The van der Waals surface area contributed by atoms with Crippen molar-refractivity contribution in [2.45, 2.75) is 0 Å². The lowest BCUT2D eigenvalue weighted by molar-refractivity contribution is 1.33. The van der Waals surface area contributed by atoms with E-state index in [1.807, 2.05) is 24.5 Å². The molecule has 0 aliphatic heterocycles. The van der Waals surface area contributed by atoms with Crippen molar-refractivity contribution in [3.8, 4) is 44.8 Å². The molecule has 0 saturated heterocycles. The van der Waals surface area contributed by atoms with Crippen molar-refractivity contribution < 1.29 is 0 Å². The third-order valence-corrected chi connectivity index (χ3v) is 11.1. The van der Waals surface area contributed by atoms with Gasteiger partial charge >= 0.3 is 0 Å². The summed E-state index contributed by atoms with van der Waals surface area (Å²) in [5, 5.41) is 14.8. The lowest BCUT2D eigenvalue weighted by Crippen LogP contribution is -1.94. The van der Waals surface area contributed by atoms with E-state index in [9.17, 15) is 0 Å². The van der Waals surface area contributed by atoms with Crippen LogP contribution in [0, 0.1) is 0 Å². The Balaban J connectivity index is 1.40.